The van der Waals surface area contributed by atoms with Crippen LogP contribution in [-0.2, 0) is 21.6 Å². The van der Waals surface area contributed by atoms with Gasteiger partial charge in [0.1, 0.15) is 5.60 Å². The molecule has 0 atom stereocenters. The summed E-state index contributed by atoms with van der Waals surface area (Å²) in [6.07, 6.45) is 0.820. The van der Waals surface area contributed by atoms with Crippen LogP contribution in [0.5, 0.6) is 0 Å². The summed E-state index contributed by atoms with van der Waals surface area (Å²) in [5.74, 6) is -0.394. The van der Waals surface area contributed by atoms with E-state index in [2.05, 4.69) is 19.2 Å². The van der Waals surface area contributed by atoms with E-state index in [1.165, 1.54) is 30.7 Å². The first kappa shape index (κ1) is 15.5. The number of hydrogen-bond acceptors (Lipinski definition) is 4. The van der Waals surface area contributed by atoms with Gasteiger partial charge in [-0.15, -0.1) is 11.3 Å². The largest absolute Gasteiger partial charge is 0.381 e. The fourth-order valence-electron chi connectivity index (χ4n) is 2.63. The van der Waals surface area contributed by atoms with Crippen molar-refractivity contribution in [2.75, 3.05) is 5.32 Å². The third kappa shape index (κ3) is 3.05. The Balaban J connectivity index is 2.30. The maximum atomic E-state index is 11.8. The van der Waals surface area contributed by atoms with Crippen LogP contribution in [-0.4, -0.2) is 22.2 Å². The van der Waals surface area contributed by atoms with Crippen molar-refractivity contribution in [3.8, 4) is 0 Å². The first-order valence-electron chi connectivity index (χ1n) is 6.78. The van der Waals surface area contributed by atoms with Crippen molar-refractivity contribution in [2.24, 2.45) is 0 Å². The molecule has 0 unspecified atom stereocenters. The zero-order valence-electron chi connectivity index (χ0n) is 13.0. The molecule has 0 aromatic carbocycles. The molecule has 2 N–H and O–H groups in total. The van der Waals surface area contributed by atoms with Crippen molar-refractivity contribution in [1.29, 1.82) is 0 Å². The maximum absolute atomic E-state index is 11.8. The number of carbonyl (C=O) groups is 1. The van der Waals surface area contributed by atoms with Crippen LogP contribution in [0, 0.1) is 0 Å². The van der Waals surface area contributed by atoms with E-state index in [0.717, 1.165) is 16.3 Å². The molecule has 2 heterocycles. The predicted molar refractivity (Wildman–Crippen MR) is 81.1 cm³/mol. The summed E-state index contributed by atoms with van der Waals surface area (Å²) in [5.41, 5.74) is -0.744. The number of nitrogens with one attached hydrogen (secondary N) is 1. The lowest BCUT2D eigenvalue weighted by Crippen LogP contribution is -2.41. The second kappa shape index (κ2) is 4.55. The van der Waals surface area contributed by atoms with E-state index in [-0.39, 0.29) is 11.2 Å². The van der Waals surface area contributed by atoms with Gasteiger partial charge >= 0.3 is 0 Å². The molecule has 1 aromatic rings. The third-order valence-corrected chi connectivity index (χ3v) is 4.69. The van der Waals surface area contributed by atoms with Gasteiger partial charge in [-0.25, -0.2) is 0 Å². The molecular formula is C15H23NO3S. The molecule has 1 aromatic heterocycles. The van der Waals surface area contributed by atoms with E-state index in [1.807, 2.05) is 19.9 Å². The molecule has 0 spiro atoms. The normalized spacial score (nSPS) is 20.4. The van der Waals surface area contributed by atoms with Gasteiger partial charge in [-0.3, -0.25) is 4.79 Å². The molecule has 1 aliphatic rings. The van der Waals surface area contributed by atoms with E-state index in [9.17, 15) is 9.90 Å². The van der Waals surface area contributed by atoms with Crippen LogP contribution in [0.15, 0.2) is 6.07 Å². The van der Waals surface area contributed by atoms with Gasteiger partial charge < -0.3 is 15.2 Å². The van der Waals surface area contributed by atoms with Gasteiger partial charge in [0.05, 0.1) is 16.2 Å². The van der Waals surface area contributed by atoms with Crippen molar-refractivity contribution < 1.29 is 14.6 Å². The molecule has 4 nitrogen and oxygen atoms in total. The van der Waals surface area contributed by atoms with E-state index in [1.54, 1.807) is 0 Å². The highest BCUT2D eigenvalue weighted by molar-refractivity contribution is 7.16. The molecular weight excluding hydrogens is 274 g/mol. The molecule has 0 aliphatic carbocycles. The molecule has 1 amide bonds. The van der Waals surface area contributed by atoms with Gasteiger partial charge in [0.25, 0.3) is 5.91 Å². The van der Waals surface area contributed by atoms with Gasteiger partial charge in [0.2, 0.25) is 0 Å². The lowest BCUT2D eigenvalue weighted by atomic mass is 9.89. The number of ether oxygens (including phenoxy) is 1. The van der Waals surface area contributed by atoms with Gasteiger partial charge in [0, 0.05) is 11.3 Å². The highest BCUT2D eigenvalue weighted by atomic mass is 32.1. The second-order valence-electron chi connectivity index (χ2n) is 7.03. The minimum Gasteiger partial charge on any atom is -0.381 e. The van der Waals surface area contributed by atoms with Gasteiger partial charge in [-0.2, -0.15) is 0 Å². The Labute approximate surface area is 124 Å². The fraction of sp³-hybridized carbons (Fsp3) is 0.667. The van der Waals surface area contributed by atoms with Crippen LogP contribution in [0.25, 0.3) is 0 Å². The topological polar surface area (TPSA) is 58.6 Å². The number of thiophene rings is 1. The summed E-state index contributed by atoms with van der Waals surface area (Å²) in [6, 6.07) is 2.00. The summed E-state index contributed by atoms with van der Waals surface area (Å²) in [6.45, 7) is 11.2. The molecule has 0 saturated heterocycles. The van der Waals surface area contributed by atoms with Crippen LogP contribution >= 0.6 is 11.3 Å². The highest BCUT2D eigenvalue weighted by Crippen LogP contribution is 2.45. The fourth-order valence-corrected chi connectivity index (χ4v) is 3.74. The zero-order chi connectivity index (χ0) is 15.3. The van der Waals surface area contributed by atoms with Crippen LogP contribution < -0.4 is 5.32 Å². The molecule has 0 saturated carbocycles. The molecule has 112 valence electrons. The van der Waals surface area contributed by atoms with Gasteiger partial charge in [0.15, 0.2) is 0 Å². The highest BCUT2D eigenvalue weighted by Gasteiger charge is 2.40. The van der Waals surface area contributed by atoms with Crippen LogP contribution in [0.4, 0.5) is 5.00 Å². The van der Waals surface area contributed by atoms with Gasteiger partial charge in [-0.05, 0) is 53.2 Å². The van der Waals surface area contributed by atoms with Crippen LogP contribution in [0.3, 0.4) is 0 Å². The first-order valence-corrected chi connectivity index (χ1v) is 7.60. The van der Waals surface area contributed by atoms with Crippen LogP contribution in [0.2, 0.25) is 0 Å². The smallest absolute Gasteiger partial charge is 0.256 e. The average molecular weight is 297 g/mol. The summed E-state index contributed by atoms with van der Waals surface area (Å²) in [4.78, 5) is 13.0. The van der Waals surface area contributed by atoms with E-state index < -0.39 is 11.5 Å². The standard InChI is InChI=1S/C15H23NO3S/c1-13(2)8-9-7-10(16-12(17)14(3,4)18)20-11(9)15(5,6)19-13/h7,18H,8H2,1-6H3,(H,16,17). The lowest BCUT2D eigenvalue weighted by Gasteiger charge is -2.41. The van der Waals surface area contributed by atoms with Crippen molar-refractivity contribution >= 4 is 22.2 Å². The Kier molecular flexibility index (Phi) is 3.52. The number of anilines is 1. The number of aliphatic hydroxyl groups is 1. The summed E-state index contributed by atoms with van der Waals surface area (Å²) in [5, 5.41) is 13.2. The van der Waals surface area contributed by atoms with Crippen molar-refractivity contribution in [3.63, 3.8) is 0 Å². The SMILES string of the molecule is CC1(C)Cc2cc(NC(=O)C(C)(C)O)sc2C(C)(C)O1. The Morgan fingerprint density at radius 1 is 1.40 bits per heavy atom. The molecule has 2 rings (SSSR count). The maximum Gasteiger partial charge on any atom is 0.256 e. The molecule has 20 heavy (non-hydrogen) atoms. The minimum absolute atomic E-state index is 0.213. The molecule has 5 heteroatoms. The average Bonchev–Trinajstić information content (AvgIpc) is 2.56. The van der Waals surface area contributed by atoms with Crippen molar-refractivity contribution in [2.45, 2.75) is 64.8 Å². The number of hydrogen-bond donors (Lipinski definition) is 2. The summed E-state index contributed by atoms with van der Waals surface area (Å²) in [7, 11) is 0. The number of amides is 1. The predicted octanol–water partition coefficient (Wildman–Crippen LogP) is 3.04. The summed E-state index contributed by atoms with van der Waals surface area (Å²) < 4.78 is 6.12. The molecule has 0 fully saturated rings. The van der Waals surface area contributed by atoms with Crippen molar-refractivity contribution in [1.82, 2.24) is 0 Å². The Morgan fingerprint density at radius 2 is 2.00 bits per heavy atom. The third-order valence-electron chi connectivity index (χ3n) is 3.30. The van der Waals surface area contributed by atoms with Crippen LogP contribution in [0.1, 0.15) is 52.0 Å². The van der Waals surface area contributed by atoms with E-state index in [0.29, 0.717) is 0 Å². The Hall–Kier alpha value is -0.910. The Morgan fingerprint density at radius 3 is 2.55 bits per heavy atom. The summed E-state index contributed by atoms with van der Waals surface area (Å²) >= 11 is 1.52. The van der Waals surface area contributed by atoms with Crippen molar-refractivity contribution in [3.05, 3.63) is 16.5 Å². The quantitative estimate of drug-likeness (QED) is 0.882. The second-order valence-corrected chi connectivity index (χ2v) is 8.08. The minimum atomic E-state index is -1.38. The lowest BCUT2D eigenvalue weighted by molar-refractivity contribution is -0.135. The monoisotopic (exact) mass is 297 g/mol. The number of rotatable bonds is 2. The Bertz CT molecular complexity index is 538. The van der Waals surface area contributed by atoms with E-state index >= 15 is 0 Å². The molecule has 1 aliphatic heterocycles. The van der Waals surface area contributed by atoms with Gasteiger partial charge in [-0.1, -0.05) is 0 Å². The zero-order valence-corrected chi connectivity index (χ0v) is 13.8. The first-order chi connectivity index (χ1) is 8.91. The number of fused-ring (bicyclic) bond motifs is 1. The van der Waals surface area contributed by atoms with E-state index in [4.69, 9.17) is 4.74 Å². The molecule has 0 bridgehead atoms. The molecule has 0 radical (unpaired) electrons. The number of carbonyl (C=O) groups excluding carboxylic acids is 1.